The summed E-state index contributed by atoms with van der Waals surface area (Å²) >= 11 is 0. The molecule has 0 unspecified atom stereocenters. The summed E-state index contributed by atoms with van der Waals surface area (Å²) in [6.07, 6.45) is 2.39. The van der Waals surface area contributed by atoms with E-state index < -0.39 is 0 Å². The maximum atomic E-state index is 13.3. The van der Waals surface area contributed by atoms with Crippen molar-refractivity contribution in [3.8, 4) is 0 Å². The van der Waals surface area contributed by atoms with Crippen molar-refractivity contribution in [1.29, 1.82) is 0 Å². The second-order valence-electron chi connectivity index (χ2n) is 5.02. The Hall–Kier alpha value is -2.69. The lowest BCUT2D eigenvalue weighted by molar-refractivity contribution is 0.0954. The van der Waals surface area contributed by atoms with Crippen LogP contribution in [-0.4, -0.2) is 17.4 Å². The van der Waals surface area contributed by atoms with Crippen LogP contribution in [0.3, 0.4) is 0 Å². The van der Waals surface area contributed by atoms with Gasteiger partial charge in [-0.15, -0.1) is 0 Å². The van der Waals surface area contributed by atoms with E-state index in [0.29, 0.717) is 18.5 Å². The van der Waals surface area contributed by atoms with Crippen molar-refractivity contribution in [2.75, 3.05) is 6.54 Å². The fourth-order valence-corrected chi connectivity index (χ4v) is 2.37. The first kappa shape index (κ1) is 14.3. The maximum absolute atomic E-state index is 13.3. The number of carbonyl (C=O) groups excluding carboxylic acids is 1. The van der Waals surface area contributed by atoms with Gasteiger partial charge in [-0.1, -0.05) is 0 Å². The predicted octanol–water partition coefficient (Wildman–Crippen LogP) is 3.42. The largest absolute Gasteiger partial charge is 0.361 e. The molecule has 22 heavy (non-hydrogen) atoms. The van der Waals surface area contributed by atoms with Gasteiger partial charge in [0.05, 0.1) is 0 Å². The van der Waals surface area contributed by atoms with Gasteiger partial charge in [-0.3, -0.25) is 4.79 Å². The van der Waals surface area contributed by atoms with Gasteiger partial charge in [0, 0.05) is 29.2 Å². The minimum absolute atomic E-state index is 0.258. The first-order chi connectivity index (χ1) is 10.6. The molecule has 1 amide bonds. The van der Waals surface area contributed by atoms with E-state index >= 15 is 0 Å². The standard InChI is InChI=1S/C17H14F2N2O/c18-13-3-1-11(2-4-13)17(22)20-8-7-12-10-21-16-6-5-14(19)9-15(12)16/h1-6,9-10,21H,7-8H2,(H,20,22). The van der Waals surface area contributed by atoms with Crippen LogP contribution in [0.5, 0.6) is 0 Å². The van der Waals surface area contributed by atoms with E-state index in [-0.39, 0.29) is 17.5 Å². The van der Waals surface area contributed by atoms with Crippen LogP contribution in [0.15, 0.2) is 48.7 Å². The monoisotopic (exact) mass is 300 g/mol. The molecule has 0 saturated heterocycles. The number of aromatic nitrogens is 1. The van der Waals surface area contributed by atoms with Crippen LogP contribution in [0.4, 0.5) is 8.78 Å². The normalized spacial score (nSPS) is 10.8. The number of halogens is 2. The molecule has 0 aliphatic rings. The second kappa shape index (κ2) is 5.97. The van der Waals surface area contributed by atoms with Gasteiger partial charge in [0.25, 0.3) is 5.91 Å². The molecule has 0 radical (unpaired) electrons. The van der Waals surface area contributed by atoms with Crippen LogP contribution in [0.25, 0.3) is 10.9 Å². The topological polar surface area (TPSA) is 44.9 Å². The third-order valence-electron chi connectivity index (χ3n) is 3.52. The summed E-state index contributed by atoms with van der Waals surface area (Å²) in [4.78, 5) is 15.0. The van der Waals surface area contributed by atoms with Crippen molar-refractivity contribution >= 4 is 16.8 Å². The highest BCUT2D eigenvalue weighted by molar-refractivity contribution is 5.94. The quantitative estimate of drug-likeness (QED) is 0.762. The van der Waals surface area contributed by atoms with Gasteiger partial charge in [0.2, 0.25) is 0 Å². The molecule has 0 aliphatic carbocycles. The van der Waals surface area contributed by atoms with E-state index in [0.717, 1.165) is 16.5 Å². The van der Waals surface area contributed by atoms with Crippen LogP contribution in [0, 0.1) is 11.6 Å². The van der Waals surface area contributed by atoms with Gasteiger partial charge >= 0.3 is 0 Å². The van der Waals surface area contributed by atoms with E-state index in [1.807, 2.05) is 6.20 Å². The zero-order valence-corrected chi connectivity index (χ0v) is 11.7. The first-order valence-corrected chi connectivity index (χ1v) is 6.93. The maximum Gasteiger partial charge on any atom is 0.251 e. The molecule has 0 fully saturated rings. The summed E-state index contributed by atoms with van der Waals surface area (Å²) in [5.74, 6) is -0.924. The molecule has 5 heteroatoms. The van der Waals surface area contributed by atoms with Crippen molar-refractivity contribution in [2.24, 2.45) is 0 Å². The fraction of sp³-hybridized carbons (Fsp3) is 0.118. The summed E-state index contributed by atoms with van der Waals surface area (Å²) in [6.45, 7) is 0.416. The highest BCUT2D eigenvalue weighted by atomic mass is 19.1. The number of rotatable bonds is 4. The molecule has 0 saturated carbocycles. The van der Waals surface area contributed by atoms with Crippen molar-refractivity contribution in [1.82, 2.24) is 10.3 Å². The number of hydrogen-bond acceptors (Lipinski definition) is 1. The van der Waals surface area contributed by atoms with Gasteiger partial charge < -0.3 is 10.3 Å². The Kier molecular flexibility index (Phi) is 3.87. The Morgan fingerprint density at radius 3 is 2.55 bits per heavy atom. The number of amides is 1. The first-order valence-electron chi connectivity index (χ1n) is 6.93. The predicted molar refractivity (Wildman–Crippen MR) is 80.7 cm³/mol. The minimum atomic E-state index is -0.377. The Labute approximate surface area is 126 Å². The number of carbonyl (C=O) groups is 1. The summed E-state index contributed by atoms with van der Waals surface area (Å²) in [6, 6.07) is 9.93. The van der Waals surface area contributed by atoms with Crippen LogP contribution in [-0.2, 0) is 6.42 Å². The van der Waals surface area contributed by atoms with E-state index in [2.05, 4.69) is 10.3 Å². The van der Waals surface area contributed by atoms with Gasteiger partial charge in [-0.2, -0.15) is 0 Å². The third-order valence-corrected chi connectivity index (χ3v) is 3.52. The highest BCUT2D eigenvalue weighted by Gasteiger charge is 2.07. The molecule has 0 bridgehead atoms. The SMILES string of the molecule is O=C(NCCc1c[nH]c2ccc(F)cc12)c1ccc(F)cc1. The van der Waals surface area contributed by atoms with Crippen LogP contribution < -0.4 is 5.32 Å². The second-order valence-corrected chi connectivity index (χ2v) is 5.02. The number of fused-ring (bicyclic) bond motifs is 1. The molecule has 1 heterocycles. The Balaban J connectivity index is 1.63. The number of benzene rings is 2. The molecule has 2 aromatic carbocycles. The lowest BCUT2D eigenvalue weighted by Crippen LogP contribution is -2.25. The number of H-pyrrole nitrogens is 1. The van der Waals surface area contributed by atoms with E-state index in [1.54, 1.807) is 6.07 Å². The van der Waals surface area contributed by atoms with Crippen LogP contribution in [0.1, 0.15) is 15.9 Å². The molecular formula is C17H14F2N2O. The highest BCUT2D eigenvalue weighted by Crippen LogP contribution is 2.19. The summed E-state index contributed by atoms with van der Waals surface area (Å²) in [7, 11) is 0. The summed E-state index contributed by atoms with van der Waals surface area (Å²) in [5.41, 5.74) is 2.21. The van der Waals surface area contributed by atoms with Crippen LogP contribution >= 0.6 is 0 Å². The van der Waals surface area contributed by atoms with E-state index in [1.165, 1.54) is 36.4 Å². The average molecular weight is 300 g/mol. The molecule has 2 N–H and O–H groups in total. The van der Waals surface area contributed by atoms with Crippen molar-refractivity contribution in [2.45, 2.75) is 6.42 Å². The van der Waals surface area contributed by atoms with E-state index in [4.69, 9.17) is 0 Å². The Morgan fingerprint density at radius 1 is 1.05 bits per heavy atom. The van der Waals surface area contributed by atoms with Crippen molar-refractivity contribution in [3.63, 3.8) is 0 Å². The molecule has 0 aliphatic heterocycles. The van der Waals surface area contributed by atoms with Crippen molar-refractivity contribution in [3.05, 3.63) is 71.4 Å². The zero-order valence-electron chi connectivity index (χ0n) is 11.7. The molecule has 112 valence electrons. The molecule has 3 rings (SSSR count). The molecule has 3 nitrogen and oxygen atoms in total. The number of aromatic amines is 1. The minimum Gasteiger partial charge on any atom is -0.361 e. The van der Waals surface area contributed by atoms with Gasteiger partial charge in [-0.25, -0.2) is 8.78 Å². The third kappa shape index (κ3) is 2.98. The molecule has 1 aromatic heterocycles. The van der Waals surface area contributed by atoms with Gasteiger partial charge in [0.15, 0.2) is 0 Å². The lowest BCUT2D eigenvalue weighted by Gasteiger charge is -2.05. The van der Waals surface area contributed by atoms with Gasteiger partial charge in [0.1, 0.15) is 11.6 Å². The van der Waals surface area contributed by atoms with E-state index in [9.17, 15) is 13.6 Å². The fourth-order valence-electron chi connectivity index (χ4n) is 2.37. The molecule has 0 spiro atoms. The Bertz CT molecular complexity index is 809. The number of nitrogens with one attached hydrogen (secondary N) is 2. The molecular weight excluding hydrogens is 286 g/mol. The molecule has 3 aromatic rings. The van der Waals surface area contributed by atoms with Gasteiger partial charge in [-0.05, 0) is 54.4 Å². The molecule has 0 atom stereocenters. The average Bonchev–Trinajstić information content (AvgIpc) is 2.90. The Morgan fingerprint density at radius 2 is 1.77 bits per heavy atom. The van der Waals surface area contributed by atoms with Crippen LogP contribution in [0.2, 0.25) is 0 Å². The zero-order chi connectivity index (χ0) is 15.5. The lowest BCUT2D eigenvalue weighted by atomic mass is 10.1. The summed E-state index contributed by atoms with van der Waals surface area (Å²) in [5, 5.41) is 3.58. The summed E-state index contributed by atoms with van der Waals surface area (Å²) < 4.78 is 26.1. The van der Waals surface area contributed by atoms with Crippen molar-refractivity contribution < 1.29 is 13.6 Å². The number of hydrogen-bond donors (Lipinski definition) is 2. The smallest absolute Gasteiger partial charge is 0.251 e.